The molecule has 1 aliphatic carbocycles. The third-order valence-corrected chi connectivity index (χ3v) is 6.55. The summed E-state index contributed by atoms with van der Waals surface area (Å²) in [4.78, 5) is 41.3. The average Bonchev–Trinajstić information content (AvgIpc) is 3.07. The summed E-state index contributed by atoms with van der Waals surface area (Å²) in [7, 11) is 1.56. The van der Waals surface area contributed by atoms with Gasteiger partial charge in [-0.25, -0.2) is 0 Å². The number of hydrogen-bond donors (Lipinski definition) is 3. The van der Waals surface area contributed by atoms with Crippen LogP contribution in [0.1, 0.15) is 38.3 Å². The van der Waals surface area contributed by atoms with Crippen molar-refractivity contribution in [3.63, 3.8) is 0 Å². The number of rotatable bonds is 8. The van der Waals surface area contributed by atoms with Crippen molar-refractivity contribution < 1.29 is 19.5 Å². The Morgan fingerprint density at radius 2 is 1.87 bits per heavy atom. The molecule has 1 aromatic rings. The first-order chi connectivity index (χ1) is 15.0. The Hall–Kier alpha value is -2.67. The van der Waals surface area contributed by atoms with Gasteiger partial charge < -0.3 is 20.6 Å². The van der Waals surface area contributed by atoms with Gasteiger partial charge in [0.2, 0.25) is 17.7 Å². The number of nitrogens with one attached hydrogen (secondary N) is 2. The quantitative estimate of drug-likeness (QED) is 0.434. The molecule has 1 saturated heterocycles. The van der Waals surface area contributed by atoms with E-state index < -0.39 is 29.8 Å². The van der Waals surface area contributed by atoms with Crippen LogP contribution in [0.15, 0.2) is 42.5 Å². The smallest absolute Gasteiger partial charge is 0.243 e. The number of nitrogens with zero attached hydrogens (tertiary/aromatic N) is 1. The van der Waals surface area contributed by atoms with Crippen molar-refractivity contribution in [1.82, 2.24) is 15.5 Å². The Morgan fingerprint density at radius 3 is 2.48 bits per heavy atom. The molecule has 0 saturated carbocycles. The molecule has 7 nitrogen and oxygen atoms in total. The van der Waals surface area contributed by atoms with Crippen LogP contribution in [0.3, 0.4) is 0 Å². The van der Waals surface area contributed by atoms with E-state index in [1.165, 1.54) is 4.90 Å². The summed E-state index contributed by atoms with van der Waals surface area (Å²) in [5.74, 6) is -2.44. The van der Waals surface area contributed by atoms with Crippen molar-refractivity contribution in [1.29, 1.82) is 0 Å². The molecule has 3 N–H and O–H groups in total. The predicted molar refractivity (Wildman–Crippen MR) is 118 cm³/mol. The van der Waals surface area contributed by atoms with Crippen LogP contribution in [-0.2, 0) is 14.4 Å². The maximum Gasteiger partial charge on any atom is 0.243 e. The van der Waals surface area contributed by atoms with Crippen molar-refractivity contribution in [2.75, 3.05) is 20.2 Å². The first kappa shape index (κ1) is 23.0. The molecule has 6 atom stereocenters. The molecule has 3 rings (SSSR count). The third-order valence-electron chi connectivity index (χ3n) is 6.55. The van der Waals surface area contributed by atoms with Gasteiger partial charge in [-0.15, -0.1) is 0 Å². The van der Waals surface area contributed by atoms with E-state index in [0.29, 0.717) is 6.54 Å². The fraction of sp³-hybridized carbons (Fsp3) is 0.542. The predicted octanol–water partition coefficient (Wildman–Crippen LogP) is 1.65. The van der Waals surface area contributed by atoms with Gasteiger partial charge in [0, 0.05) is 19.5 Å². The summed E-state index contributed by atoms with van der Waals surface area (Å²) in [5, 5.41) is 15.9. The standard InChI is InChI=1S/C24H33N3O4/c1-4-5-13-26-23(30)21-17-12-11-15(2)19(22(29)25-3)20(17)24(31)27(21)18(14-28)16-9-7-6-8-10-16/h6-12,15,17-21,28H,4-5,13-14H2,1-3H3,(H,25,29)(H,26,30)/t15-,17+,18-,19-,20-,21+/m1/s1. The van der Waals surface area contributed by atoms with E-state index >= 15 is 0 Å². The Balaban J connectivity index is 2.04. The summed E-state index contributed by atoms with van der Waals surface area (Å²) < 4.78 is 0. The largest absolute Gasteiger partial charge is 0.394 e. The minimum Gasteiger partial charge on any atom is -0.394 e. The van der Waals surface area contributed by atoms with Gasteiger partial charge in [-0.05, 0) is 17.9 Å². The number of hydrogen-bond acceptors (Lipinski definition) is 4. The molecule has 168 valence electrons. The summed E-state index contributed by atoms with van der Waals surface area (Å²) >= 11 is 0. The Bertz CT molecular complexity index is 825. The van der Waals surface area contributed by atoms with E-state index in [9.17, 15) is 19.5 Å². The van der Waals surface area contributed by atoms with Gasteiger partial charge in [-0.3, -0.25) is 14.4 Å². The minimum absolute atomic E-state index is 0.127. The van der Waals surface area contributed by atoms with Crippen LogP contribution in [0, 0.1) is 23.7 Å². The van der Waals surface area contributed by atoms with Crippen molar-refractivity contribution in [2.45, 2.75) is 38.8 Å². The van der Waals surface area contributed by atoms with Crippen molar-refractivity contribution in [2.24, 2.45) is 23.7 Å². The second kappa shape index (κ2) is 10.1. The Kier molecular flexibility index (Phi) is 7.49. The summed E-state index contributed by atoms with van der Waals surface area (Å²) in [6.07, 6.45) is 5.63. The number of fused-ring (bicyclic) bond motifs is 1. The second-order valence-corrected chi connectivity index (χ2v) is 8.43. The number of aliphatic hydroxyl groups is 1. The highest BCUT2D eigenvalue weighted by molar-refractivity contribution is 5.97. The highest BCUT2D eigenvalue weighted by Crippen LogP contribution is 2.46. The van der Waals surface area contributed by atoms with Gasteiger partial charge in [0.25, 0.3) is 0 Å². The first-order valence-corrected chi connectivity index (χ1v) is 11.1. The highest BCUT2D eigenvalue weighted by Gasteiger charge is 2.58. The Morgan fingerprint density at radius 1 is 1.16 bits per heavy atom. The van der Waals surface area contributed by atoms with E-state index in [2.05, 4.69) is 10.6 Å². The SMILES string of the molecule is CCCCNC(=O)[C@@H]1[C@H]2C=C[C@@H](C)[C@@H](C(=O)NC)[C@@H]2C(=O)N1[C@H](CO)c1ccccc1. The lowest BCUT2D eigenvalue weighted by molar-refractivity contribution is -0.143. The van der Waals surface area contributed by atoms with E-state index in [1.807, 2.05) is 56.3 Å². The van der Waals surface area contributed by atoms with Gasteiger partial charge in [0.05, 0.1) is 24.5 Å². The lowest BCUT2D eigenvalue weighted by atomic mass is 9.70. The monoisotopic (exact) mass is 427 g/mol. The van der Waals surface area contributed by atoms with Crippen molar-refractivity contribution in [3.8, 4) is 0 Å². The molecule has 0 unspecified atom stereocenters. The lowest BCUT2D eigenvalue weighted by Gasteiger charge is -2.33. The zero-order valence-corrected chi connectivity index (χ0v) is 18.5. The fourth-order valence-corrected chi connectivity index (χ4v) is 4.96. The van der Waals surface area contributed by atoms with Crippen LogP contribution in [-0.4, -0.2) is 54.0 Å². The van der Waals surface area contributed by atoms with Crippen LogP contribution < -0.4 is 10.6 Å². The van der Waals surface area contributed by atoms with E-state index in [-0.39, 0.29) is 30.2 Å². The molecule has 1 aliphatic heterocycles. The highest BCUT2D eigenvalue weighted by atomic mass is 16.3. The zero-order valence-electron chi connectivity index (χ0n) is 18.5. The van der Waals surface area contributed by atoms with Crippen LogP contribution in [0.25, 0.3) is 0 Å². The molecule has 31 heavy (non-hydrogen) atoms. The molecule has 0 radical (unpaired) electrons. The molecule has 1 heterocycles. The number of carbonyl (C=O) groups is 3. The molecular weight excluding hydrogens is 394 g/mol. The normalized spacial score (nSPS) is 28.2. The molecule has 0 spiro atoms. The van der Waals surface area contributed by atoms with Crippen LogP contribution in [0.2, 0.25) is 0 Å². The number of unbranched alkanes of at least 4 members (excludes halogenated alkanes) is 1. The summed E-state index contributed by atoms with van der Waals surface area (Å²) in [6, 6.07) is 7.81. The third kappa shape index (κ3) is 4.37. The van der Waals surface area contributed by atoms with Gasteiger partial charge in [0.1, 0.15) is 6.04 Å². The van der Waals surface area contributed by atoms with E-state index in [1.54, 1.807) is 7.05 Å². The molecule has 7 heteroatoms. The first-order valence-electron chi connectivity index (χ1n) is 11.1. The van der Waals surface area contributed by atoms with Crippen molar-refractivity contribution in [3.05, 3.63) is 48.0 Å². The molecule has 1 fully saturated rings. The lowest BCUT2D eigenvalue weighted by Crippen LogP contribution is -2.49. The average molecular weight is 428 g/mol. The molecule has 2 aliphatic rings. The molecule has 3 amide bonds. The maximum absolute atomic E-state index is 13.8. The molecule has 1 aromatic carbocycles. The fourth-order valence-electron chi connectivity index (χ4n) is 4.96. The van der Waals surface area contributed by atoms with Gasteiger partial charge in [0.15, 0.2) is 0 Å². The molecular formula is C24H33N3O4. The molecule has 0 bridgehead atoms. The topological polar surface area (TPSA) is 98.7 Å². The van der Waals surface area contributed by atoms with Gasteiger partial charge in [-0.2, -0.15) is 0 Å². The van der Waals surface area contributed by atoms with Crippen LogP contribution in [0.4, 0.5) is 0 Å². The number of allylic oxidation sites excluding steroid dienone is 1. The number of likely N-dealkylation sites (tertiary alicyclic amines) is 1. The number of aliphatic hydroxyl groups excluding tert-OH is 1. The summed E-state index contributed by atoms with van der Waals surface area (Å²) in [6.45, 7) is 4.18. The molecule has 0 aromatic heterocycles. The van der Waals surface area contributed by atoms with E-state index in [4.69, 9.17) is 0 Å². The van der Waals surface area contributed by atoms with Crippen LogP contribution >= 0.6 is 0 Å². The Labute approximate surface area is 183 Å². The maximum atomic E-state index is 13.8. The number of carbonyl (C=O) groups excluding carboxylic acids is 3. The van der Waals surface area contributed by atoms with Crippen molar-refractivity contribution >= 4 is 17.7 Å². The van der Waals surface area contributed by atoms with E-state index in [0.717, 1.165) is 18.4 Å². The number of amides is 3. The minimum atomic E-state index is -0.775. The zero-order chi connectivity index (χ0) is 22.5. The van der Waals surface area contributed by atoms with Gasteiger partial charge in [-0.1, -0.05) is 62.8 Å². The van der Waals surface area contributed by atoms with Gasteiger partial charge >= 0.3 is 0 Å². The number of benzene rings is 1. The second-order valence-electron chi connectivity index (χ2n) is 8.43. The summed E-state index contributed by atoms with van der Waals surface area (Å²) in [5.41, 5.74) is 0.761. The van der Waals surface area contributed by atoms with Crippen LogP contribution in [0.5, 0.6) is 0 Å².